The number of aromatic nitrogens is 1. The molecule has 38 heavy (non-hydrogen) atoms. The maximum absolute atomic E-state index is 13.5. The van der Waals surface area contributed by atoms with Crippen LogP contribution < -0.4 is 20.1 Å². The molecule has 4 aromatic rings. The Labute approximate surface area is 222 Å². The first-order chi connectivity index (χ1) is 18.1. The molecule has 0 bridgehead atoms. The first kappa shape index (κ1) is 26.5. The highest BCUT2D eigenvalue weighted by atomic mass is 16.5. The summed E-state index contributed by atoms with van der Waals surface area (Å²) in [6.07, 6.45) is 0. The second-order valence-corrected chi connectivity index (χ2v) is 9.80. The van der Waals surface area contributed by atoms with E-state index in [2.05, 4.69) is 36.4 Å². The van der Waals surface area contributed by atoms with Gasteiger partial charge in [0.1, 0.15) is 11.5 Å². The Morgan fingerprint density at radius 2 is 1.50 bits per heavy atom. The molecule has 0 aliphatic rings. The molecular weight excluding hydrogens is 482 g/mol. The summed E-state index contributed by atoms with van der Waals surface area (Å²) in [5, 5.41) is 5.61. The number of carbonyl (C=O) groups is 2. The van der Waals surface area contributed by atoms with Crippen molar-refractivity contribution in [1.82, 2.24) is 4.98 Å². The third-order valence-corrected chi connectivity index (χ3v) is 5.96. The predicted molar refractivity (Wildman–Crippen MR) is 148 cm³/mol. The van der Waals surface area contributed by atoms with Crippen LogP contribution in [-0.4, -0.2) is 31.0 Å². The van der Waals surface area contributed by atoms with Gasteiger partial charge < -0.3 is 24.5 Å². The Morgan fingerprint density at radius 3 is 2.08 bits per heavy atom. The summed E-state index contributed by atoms with van der Waals surface area (Å²) in [4.78, 5) is 29.5. The van der Waals surface area contributed by atoms with Crippen LogP contribution in [-0.2, 0) is 10.2 Å². The van der Waals surface area contributed by atoms with Gasteiger partial charge in [0, 0.05) is 29.8 Å². The lowest BCUT2D eigenvalue weighted by molar-refractivity contribution is -0.114. The zero-order chi connectivity index (χ0) is 27.4. The van der Waals surface area contributed by atoms with Crippen molar-refractivity contribution in [2.45, 2.75) is 33.1 Å². The highest BCUT2D eigenvalue weighted by Gasteiger charge is 2.24. The van der Waals surface area contributed by atoms with Crippen molar-refractivity contribution >= 4 is 23.2 Å². The molecule has 0 aliphatic heterocycles. The molecule has 4 rings (SSSR count). The molecule has 2 amide bonds. The molecule has 0 spiro atoms. The van der Waals surface area contributed by atoms with E-state index in [0.29, 0.717) is 40.1 Å². The monoisotopic (exact) mass is 513 g/mol. The predicted octanol–water partition coefficient (Wildman–Crippen LogP) is 6.53. The van der Waals surface area contributed by atoms with E-state index in [0.717, 1.165) is 5.56 Å². The van der Waals surface area contributed by atoms with Gasteiger partial charge in [-0.25, -0.2) is 4.98 Å². The first-order valence-electron chi connectivity index (χ1n) is 12.1. The topological polar surface area (TPSA) is 103 Å². The van der Waals surface area contributed by atoms with Crippen molar-refractivity contribution in [3.05, 3.63) is 78.0 Å². The molecule has 3 aromatic carbocycles. The number of methoxy groups -OCH3 is 2. The Balaban J connectivity index is 1.76. The molecule has 0 atom stereocenters. The van der Waals surface area contributed by atoms with Gasteiger partial charge in [0.15, 0.2) is 11.5 Å². The van der Waals surface area contributed by atoms with Crippen molar-refractivity contribution < 1.29 is 23.5 Å². The normalized spacial score (nSPS) is 11.1. The summed E-state index contributed by atoms with van der Waals surface area (Å²) >= 11 is 0. The van der Waals surface area contributed by atoms with Crippen molar-refractivity contribution in [3.63, 3.8) is 0 Å². The number of ether oxygens (including phenoxy) is 2. The molecule has 0 fully saturated rings. The minimum atomic E-state index is -0.473. The van der Waals surface area contributed by atoms with E-state index in [1.54, 1.807) is 49.6 Å². The van der Waals surface area contributed by atoms with E-state index >= 15 is 0 Å². The van der Waals surface area contributed by atoms with Crippen LogP contribution in [0.15, 0.2) is 71.1 Å². The second kappa shape index (κ2) is 10.8. The quantitative estimate of drug-likeness (QED) is 0.291. The number of anilines is 2. The average molecular weight is 514 g/mol. The van der Waals surface area contributed by atoms with Crippen LogP contribution in [0.4, 0.5) is 11.4 Å². The third-order valence-electron chi connectivity index (χ3n) is 5.96. The van der Waals surface area contributed by atoms with Gasteiger partial charge >= 0.3 is 0 Å². The molecule has 0 aliphatic carbocycles. The third kappa shape index (κ3) is 5.86. The SMILES string of the molecule is COc1ccc(OC)c(NC(=O)c2nc(-c3ccc(C(C)(C)C)cc3)oc2-c2ccc(NC(C)=O)cc2)c1. The molecule has 0 radical (unpaired) electrons. The number of nitrogens with one attached hydrogen (secondary N) is 2. The standard InChI is InChI=1S/C30H31N3O5/c1-18(34)31-22-13-9-19(10-14-22)27-26(28(35)32-24-17-23(36-5)15-16-25(24)37-6)33-29(38-27)20-7-11-21(12-8-20)30(2,3)4/h7-17H,1-6H3,(H,31,34)(H,32,35). The van der Waals surface area contributed by atoms with Gasteiger partial charge in [0.2, 0.25) is 11.8 Å². The number of hydrogen-bond acceptors (Lipinski definition) is 6. The van der Waals surface area contributed by atoms with Crippen LogP contribution in [0.2, 0.25) is 0 Å². The van der Waals surface area contributed by atoms with Crippen LogP contribution in [0.5, 0.6) is 11.5 Å². The summed E-state index contributed by atoms with van der Waals surface area (Å²) in [5.41, 5.74) is 3.71. The van der Waals surface area contributed by atoms with Crippen LogP contribution >= 0.6 is 0 Å². The van der Waals surface area contributed by atoms with Gasteiger partial charge in [-0.05, 0) is 59.5 Å². The van der Waals surface area contributed by atoms with Crippen molar-refractivity contribution in [3.8, 4) is 34.3 Å². The van der Waals surface area contributed by atoms with Gasteiger partial charge in [-0.1, -0.05) is 32.9 Å². The number of carbonyl (C=O) groups excluding carboxylic acids is 2. The fraction of sp³-hybridized carbons (Fsp3) is 0.233. The number of benzene rings is 3. The Hall–Kier alpha value is -4.59. The van der Waals surface area contributed by atoms with E-state index < -0.39 is 5.91 Å². The molecule has 0 saturated carbocycles. The highest BCUT2D eigenvalue weighted by Crippen LogP contribution is 2.34. The van der Waals surface area contributed by atoms with Gasteiger partial charge in [-0.15, -0.1) is 0 Å². The van der Waals surface area contributed by atoms with Crippen molar-refractivity contribution in [2.24, 2.45) is 0 Å². The molecule has 1 heterocycles. The zero-order valence-corrected chi connectivity index (χ0v) is 22.3. The average Bonchev–Trinajstić information content (AvgIpc) is 3.34. The second-order valence-electron chi connectivity index (χ2n) is 9.80. The lowest BCUT2D eigenvalue weighted by atomic mass is 9.87. The minimum Gasteiger partial charge on any atom is -0.497 e. The maximum atomic E-state index is 13.5. The summed E-state index contributed by atoms with van der Waals surface area (Å²) in [7, 11) is 3.07. The number of rotatable bonds is 7. The summed E-state index contributed by atoms with van der Waals surface area (Å²) < 4.78 is 16.9. The molecule has 1 aromatic heterocycles. The van der Waals surface area contributed by atoms with Gasteiger partial charge in [-0.2, -0.15) is 0 Å². The van der Waals surface area contributed by atoms with Gasteiger partial charge in [-0.3, -0.25) is 9.59 Å². The van der Waals surface area contributed by atoms with Crippen LogP contribution in [0, 0.1) is 0 Å². The molecular formula is C30H31N3O5. The van der Waals surface area contributed by atoms with Gasteiger partial charge in [0.25, 0.3) is 5.91 Å². The number of amides is 2. The fourth-order valence-electron chi connectivity index (χ4n) is 3.91. The summed E-state index contributed by atoms with van der Waals surface area (Å²) in [6, 6.07) is 20.1. The number of oxazole rings is 1. The van der Waals surface area contributed by atoms with E-state index in [4.69, 9.17) is 13.9 Å². The molecule has 8 heteroatoms. The van der Waals surface area contributed by atoms with E-state index in [-0.39, 0.29) is 17.0 Å². The molecule has 0 unspecified atom stereocenters. The van der Waals surface area contributed by atoms with Crippen LogP contribution in [0.25, 0.3) is 22.8 Å². The Morgan fingerprint density at radius 1 is 0.842 bits per heavy atom. The van der Waals surface area contributed by atoms with Crippen molar-refractivity contribution in [2.75, 3.05) is 24.9 Å². The largest absolute Gasteiger partial charge is 0.497 e. The van der Waals surface area contributed by atoms with Gasteiger partial charge in [0.05, 0.1) is 19.9 Å². The van der Waals surface area contributed by atoms with Crippen molar-refractivity contribution in [1.29, 1.82) is 0 Å². The minimum absolute atomic E-state index is 0.00320. The lowest BCUT2D eigenvalue weighted by Crippen LogP contribution is -2.14. The maximum Gasteiger partial charge on any atom is 0.278 e. The number of nitrogens with zero attached hydrogens (tertiary/aromatic N) is 1. The van der Waals surface area contributed by atoms with E-state index in [9.17, 15) is 9.59 Å². The molecule has 8 nitrogen and oxygen atoms in total. The van der Waals surface area contributed by atoms with E-state index in [1.807, 2.05) is 24.3 Å². The number of hydrogen-bond donors (Lipinski definition) is 2. The van der Waals surface area contributed by atoms with E-state index in [1.165, 1.54) is 19.6 Å². The lowest BCUT2D eigenvalue weighted by Gasteiger charge is -2.18. The fourth-order valence-corrected chi connectivity index (χ4v) is 3.91. The van der Waals surface area contributed by atoms with Crippen LogP contribution in [0.3, 0.4) is 0 Å². The molecule has 2 N–H and O–H groups in total. The smallest absolute Gasteiger partial charge is 0.278 e. The zero-order valence-electron chi connectivity index (χ0n) is 22.3. The molecule has 196 valence electrons. The first-order valence-corrected chi connectivity index (χ1v) is 12.1. The molecule has 0 saturated heterocycles. The Bertz CT molecular complexity index is 1450. The summed E-state index contributed by atoms with van der Waals surface area (Å²) in [5.74, 6) is 1.00. The Kier molecular flexibility index (Phi) is 7.52. The highest BCUT2D eigenvalue weighted by molar-refractivity contribution is 6.07. The van der Waals surface area contributed by atoms with Crippen LogP contribution in [0.1, 0.15) is 43.7 Å². The summed E-state index contributed by atoms with van der Waals surface area (Å²) in [6.45, 7) is 7.87.